The van der Waals surface area contributed by atoms with Crippen molar-refractivity contribution >= 4 is 23.2 Å². The number of benzene rings is 2. The summed E-state index contributed by atoms with van der Waals surface area (Å²) in [5, 5.41) is 2.11. The Morgan fingerprint density at radius 3 is 2.44 bits per heavy atom. The zero-order chi connectivity index (χ0) is 22.5. The summed E-state index contributed by atoms with van der Waals surface area (Å²) < 4.78 is 0. The molecule has 5 heteroatoms. The second-order valence-electron chi connectivity index (χ2n) is 8.39. The number of nitrogens with zero attached hydrogens (tertiary/aromatic N) is 2. The maximum absolute atomic E-state index is 13.6. The topological polar surface area (TPSA) is 40.6 Å². The van der Waals surface area contributed by atoms with Gasteiger partial charge >= 0.3 is 0 Å². The van der Waals surface area contributed by atoms with Crippen LogP contribution in [0.15, 0.2) is 72.1 Å². The van der Waals surface area contributed by atoms with Gasteiger partial charge in [-0.05, 0) is 47.9 Å². The van der Waals surface area contributed by atoms with Crippen LogP contribution in [0.2, 0.25) is 0 Å². The van der Waals surface area contributed by atoms with Crippen LogP contribution in [0.4, 0.5) is 0 Å². The largest absolute Gasteiger partial charge is 0.330 e. The zero-order valence-corrected chi connectivity index (χ0v) is 19.6. The summed E-state index contributed by atoms with van der Waals surface area (Å²) >= 11 is 1.76. The molecule has 1 aliphatic rings. The number of carbonyl (C=O) groups excluding carboxylic acids is 2. The van der Waals surface area contributed by atoms with Crippen LogP contribution in [0.5, 0.6) is 0 Å². The van der Waals surface area contributed by atoms with Crippen molar-refractivity contribution in [1.29, 1.82) is 0 Å². The first-order valence-electron chi connectivity index (χ1n) is 11.3. The first-order chi connectivity index (χ1) is 15.6. The lowest BCUT2D eigenvalue weighted by molar-refractivity contribution is -0.143. The van der Waals surface area contributed by atoms with Crippen LogP contribution < -0.4 is 0 Å². The fourth-order valence-electron chi connectivity index (χ4n) is 4.40. The van der Waals surface area contributed by atoms with Crippen LogP contribution in [0.1, 0.15) is 47.9 Å². The third kappa shape index (κ3) is 4.78. The zero-order valence-electron chi connectivity index (χ0n) is 18.7. The van der Waals surface area contributed by atoms with Gasteiger partial charge in [0.25, 0.3) is 0 Å². The molecule has 0 fully saturated rings. The molecule has 2 amide bonds. The van der Waals surface area contributed by atoms with E-state index < -0.39 is 0 Å². The van der Waals surface area contributed by atoms with Crippen LogP contribution in [0.3, 0.4) is 0 Å². The Labute approximate surface area is 194 Å². The van der Waals surface area contributed by atoms with Gasteiger partial charge in [0.15, 0.2) is 0 Å². The van der Waals surface area contributed by atoms with Gasteiger partial charge in [0.2, 0.25) is 11.8 Å². The Hall–Kier alpha value is -2.92. The summed E-state index contributed by atoms with van der Waals surface area (Å²) in [4.78, 5) is 31.9. The number of rotatable bonds is 7. The minimum atomic E-state index is -0.0956. The Morgan fingerprint density at radius 2 is 1.75 bits per heavy atom. The minimum Gasteiger partial charge on any atom is -0.330 e. The van der Waals surface area contributed by atoms with Crippen molar-refractivity contribution in [2.75, 3.05) is 13.1 Å². The predicted molar refractivity (Wildman–Crippen MR) is 130 cm³/mol. The molecule has 2 atom stereocenters. The number of fused-ring (bicyclic) bond motifs is 1. The van der Waals surface area contributed by atoms with Crippen molar-refractivity contribution in [1.82, 2.24) is 9.80 Å². The molecule has 2 unspecified atom stereocenters. The third-order valence-electron chi connectivity index (χ3n) is 6.35. The SMILES string of the molecule is CCC(C)N(CC(=O)N1CCc2sccc2C1c1ccccc1)C(=O)Cc1ccccc1. The van der Waals surface area contributed by atoms with Crippen LogP contribution in [0, 0.1) is 0 Å². The van der Waals surface area contributed by atoms with Gasteiger partial charge < -0.3 is 9.80 Å². The number of thiophene rings is 1. The van der Waals surface area contributed by atoms with E-state index in [9.17, 15) is 9.59 Å². The average molecular weight is 447 g/mol. The Kier molecular flexibility index (Phi) is 7.05. The van der Waals surface area contributed by atoms with Gasteiger partial charge in [-0.25, -0.2) is 0 Å². The molecule has 2 aromatic carbocycles. The maximum atomic E-state index is 13.6. The van der Waals surface area contributed by atoms with E-state index in [1.54, 1.807) is 16.2 Å². The van der Waals surface area contributed by atoms with E-state index >= 15 is 0 Å². The monoisotopic (exact) mass is 446 g/mol. The first kappa shape index (κ1) is 22.3. The van der Waals surface area contributed by atoms with E-state index in [1.165, 1.54) is 10.4 Å². The van der Waals surface area contributed by atoms with Crippen molar-refractivity contribution in [3.63, 3.8) is 0 Å². The average Bonchev–Trinajstić information content (AvgIpc) is 3.31. The lowest BCUT2D eigenvalue weighted by Gasteiger charge is -2.38. The molecule has 0 aliphatic carbocycles. The molecule has 0 N–H and O–H groups in total. The van der Waals surface area contributed by atoms with Crippen LogP contribution in [-0.4, -0.2) is 40.7 Å². The maximum Gasteiger partial charge on any atom is 0.243 e. The molecule has 0 saturated heterocycles. The van der Waals surface area contributed by atoms with Crippen molar-refractivity contribution in [3.8, 4) is 0 Å². The highest BCUT2D eigenvalue weighted by atomic mass is 32.1. The second kappa shape index (κ2) is 10.1. The summed E-state index contributed by atoms with van der Waals surface area (Å²) in [7, 11) is 0. The summed E-state index contributed by atoms with van der Waals surface area (Å²) in [5.41, 5.74) is 3.30. The van der Waals surface area contributed by atoms with Crippen molar-refractivity contribution < 1.29 is 9.59 Å². The van der Waals surface area contributed by atoms with E-state index in [0.29, 0.717) is 13.0 Å². The second-order valence-corrected chi connectivity index (χ2v) is 9.39. The third-order valence-corrected chi connectivity index (χ3v) is 7.35. The van der Waals surface area contributed by atoms with E-state index in [-0.39, 0.29) is 30.4 Å². The van der Waals surface area contributed by atoms with Crippen LogP contribution in [0.25, 0.3) is 0 Å². The highest BCUT2D eigenvalue weighted by Gasteiger charge is 2.34. The van der Waals surface area contributed by atoms with Gasteiger partial charge in [0, 0.05) is 17.5 Å². The molecular weight excluding hydrogens is 416 g/mol. The molecule has 4 nitrogen and oxygen atoms in total. The van der Waals surface area contributed by atoms with Gasteiger partial charge in [-0.15, -0.1) is 11.3 Å². The van der Waals surface area contributed by atoms with Crippen molar-refractivity contribution in [3.05, 3.63) is 93.7 Å². The highest BCUT2D eigenvalue weighted by molar-refractivity contribution is 7.10. The fraction of sp³-hybridized carbons (Fsp3) is 0.333. The molecule has 0 bridgehead atoms. The molecular formula is C27H30N2O2S. The Balaban J connectivity index is 1.57. The van der Waals surface area contributed by atoms with Crippen molar-refractivity contribution in [2.24, 2.45) is 0 Å². The fourth-order valence-corrected chi connectivity index (χ4v) is 5.30. The smallest absolute Gasteiger partial charge is 0.243 e. The van der Waals surface area contributed by atoms with Gasteiger partial charge in [0.1, 0.15) is 6.54 Å². The summed E-state index contributed by atoms with van der Waals surface area (Å²) in [6.45, 7) is 4.87. The van der Waals surface area contributed by atoms with Crippen LogP contribution >= 0.6 is 11.3 Å². The highest BCUT2D eigenvalue weighted by Crippen LogP contribution is 2.37. The normalized spacial score (nSPS) is 16.3. The van der Waals surface area contributed by atoms with Gasteiger partial charge in [-0.1, -0.05) is 67.6 Å². The standard InChI is InChI=1S/C27H30N2O2S/c1-3-20(2)29(25(30)18-21-10-6-4-7-11-21)19-26(31)28-16-14-24-23(15-17-32-24)27(28)22-12-8-5-9-13-22/h4-13,15,17,20,27H,3,14,16,18-19H2,1-2H3. The van der Waals surface area contributed by atoms with E-state index in [0.717, 1.165) is 24.0 Å². The molecule has 4 rings (SSSR count). The molecule has 166 valence electrons. The molecule has 3 aromatic rings. The molecule has 0 radical (unpaired) electrons. The Morgan fingerprint density at radius 1 is 1.06 bits per heavy atom. The molecule has 32 heavy (non-hydrogen) atoms. The van der Waals surface area contributed by atoms with Crippen molar-refractivity contribution in [2.45, 2.75) is 45.2 Å². The first-order valence-corrected chi connectivity index (χ1v) is 12.2. The van der Waals surface area contributed by atoms with E-state index in [4.69, 9.17) is 0 Å². The van der Waals surface area contributed by atoms with Gasteiger partial charge in [-0.3, -0.25) is 9.59 Å². The van der Waals surface area contributed by atoms with Crippen LogP contribution in [-0.2, 0) is 22.4 Å². The number of hydrogen-bond acceptors (Lipinski definition) is 3. The molecule has 0 spiro atoms. The predicted octanol–water partition coefficient (Wildman–Crippen LogP) is 5.09. The minimum absolute atomic E-state index is 0.00314. The van der Waals surface area contributed by atoms with E-state index in [1.807, 2.05) is 60.4 Å². The summed E-state index contributed by atoms with van der Waals surface area (Å²) in [6, 6.07) is 22.0. The van der Waals surface area contributed by atoms with Gasteiger partial charge in [0.05, 0.1) is 12.5 Å². The number of amides is 2. The molecule has 2 heterocycles. The molecule has 1 aromatic heterocycles. The van der Waals surface area contributed by atoms with Gasteiger partial charge in [-0.2, -0.15) is 0 Å². The lowest BCUT2D eigenvalue weighted by Crippen LogP contribution is -2.49. The molecule has 0 saturated carbocycles. The summed E-state index contributed by atoms with van der Waals surface area (Å²) in [5.74, 6) is 0.0146. The van der Waals surface area contributed by atoms with E-state index in [2.05, 4.69) is 30.5 Å². The number of carbonyl (C=O) groups is 2. The lowest BCUT2D eigenvalue weighted by atomic mass is 9.93. The quantitative estimate of drug-likeness (QED) is 0.507. The number of hydrogen-bond donors (Lipinski definition) is 0. The molecule has 1 aliphatic heterocycles. The summed E-state index contributed by atoms with van der Waals surface area (Å²) in [6.07, 6.45) is 1.99. The Bertz CT molecular complexity index is 1050.